The van der Waals surface area contributed by atoms with Crippen molar-refractivity contribution in [3.8, 4) is 0 Å². The molecule has 1 saturated heterocycles. The molecule has 0 bridgehead atoms. The molecule has 1 atom stereocenters. The van der Waals surface area contributed by atoms with Gasteiger partial charge in [0.1, 0.15) is 0 Å². The monoisotopic (exact) mass is 372 g/mol. The van der Waals surface area contributed by atoms with E-state index in [0.29, 0.717) is 6.04 Å². The molecule has 0 spiro atoms. The van der Waals surface area contributed by atoms with Crippen LogP contribution in [0.25, 0.3) is 0 Å². The summed E-state index contributed by atoms with van der Waals surface area (Å²) < 4.78 is 2.35. The van der Waals surface area contributed by atoms with Crippen molar-refractivity contribution in [1.29, 1.82) is 0 Å². The smallest absolute Gasteiger partial charge is 0.0378 e. The first-order valence-corrected chi connectivity index (χ1v) is 8.23. The molecule has 3 rings (SSSR count). The van der Waals surface area contributed by atoms with E-state index in [9.17, 15) is 0 Å². The van der Waals surface area contributed by atoms with Crippen molar-refractivity contribution < 1.29 is 0 Å². The molecule has 2 aliphatic rings. The van der Waals surface area contributed by atoms with Gasteiger partial charge >= 0.3 is 0 Å². The second-order valence-electron chi connectivity index (χ2n) is 5.27. The zero-order valence-electron chi connectivity index (χ0n) is 10.3. The topological polar surface area (TPSA) is 15.3 Å². The summed E-state index contributed by atoms with van der Waals surface area (Å²) in [4.78, 5) is 2.66. The fourth-order valence-electron chi connectivity index (χ4n) is 2.90. The molecular formula is C14H18Br2N2. The molecule has 0 unspecified atom stereocenters. The molecule has 1 saturated carbocycles. The first kappa shape index (κ1) is 13.1. The number of hydrogen-bond donors (Lipinski definition) is 1. The van der Waals surface area contributed by atoms with Gasteiger partial charge in [-0.05, 0) is 42.5 Å². The lowest BCUT2D eigenvalue weighted by atomic mass is 10.00. The van der Waals surface area contributed by atoms with Crippen LogP contribution in [0.5, 0.6) is 0 Å². The van der Waals surface area contributed by atoms with Crippen molar-refractivity contribution in [1.82, 2.24) is 10.2 Å². The SMILES string of the molecule is Brc1cc(Br)cc([C@@H](C2CC2)N2CCNCC2)c1. The number of benzene rings is 1. The Balaban J connectivity index is 1.88. The molecule has 1 heterocycles. The maximum Gasteiger partial charge on any atom is 0.0378 e. The second kappa shape index (κ2) is 5.61. The van der Waals surface area contributed by atoms with Gasteiger partial charge in [-0.3, -0.25) is 4.90 Å². The maximum absolute atomic E-state index is 3.61. The van der Waals surface area contributed by atoms with E-state index in [4.69, 9.17) is 0 Å². The van der Waals surface area contributed by atoms with Crippen molar-refractivity contribution in [3.05, 3.63) is 32.7 Å². The van der Waals surface area contributed by atoms with Gasteiger partial charge in [0.25, 0.3) is 0 Å². The molecule has 98 valence electrons. The van der Waals surface area contributed by atoms with Gasteiger partial charge in [-0.2, -0.15) is 0 Å². The van der Waals surface area contributed by atoms with Crippen LogP contribution in [0.4, 0.5) is 0 Å². The maximum atomic E-state index is 3.61. The van der Waals surface area contributed by atoms with Crippen molar-refractivity contribution in [3.63, 3.8) is 0 Å². The van der Waals surface area contributed by atoms with Gasteiger partial charge in [0.05, 0.1) is 0 Å². The van der Waals surface area contributed by atoms with Crippen molar-refractivity contribution in [2.45, 2.75) is 18.9 Å². The molecule has 18 heavy (non-hydrogen) atoms. The third kappa shape index (κ3) is 2.98. The highest BCUT2D eigenvalue weighted by Gasteiger charge is 2.36. The number of nitrogens with zero attached hydrogens (tertiary/aromatic N) is 1. The summed E-state index contributed by atoms with van der Waals surface area (Å²) >= 11 is 7.23. The molecule has 2 nitrogen and oxygen atoms in total. The molecule has 1 N–H and O–H groups in total. The number of piperazine rings is 1. The van der Waals surface area contributed by atoms with Crippen LogP contribution in [0.3, 0.4) is 0 Å². The zero-order valence-corrected chi connectivity index (χ0v) is 13.5. The van der Waals surface area contributed by atoms with Crippen LogP contribution in [0.2, 0.25) is 0 Å². The van der Waals surface area contributed by atoms with Gasteiger partial charge in [-0.1, -0.05) is 31.9 Å². The Hall–Kier alpha value is 0.1000. The van der Waals surface area contributed by atoms with Crippen molar-refractivity contribution in [2.24, 2.45) is 5.92 Å². The summed E-state index contributed by atoms with van der Waals surface area (Å²) in [7, 11) is 0. The minimum atomic E-state index is 0.612. The number of nitrogens with one attached hydrogen (secondary N) is 1. The highest BCUT2D eigenvalue weighted by molar-refractivity contribution is 9.11. The lowest BCUT2D eigenvalue weighted by Crippen LogP contribution is -2.45. The van der Waals surface area contributed by atoms with Crippen LogP contribution in [0.15, 0.2) is 27.1 Å². The summed E-state index contributed by atoms with van der Waals surface area (Å²) in [6.07, 6.45) is 2.78. The van der Waals surface area contributed by atoms with Crippen LogP contribution < -0.4 is 5.32 Å². The fraction of sp³-hybridized carbons (Fsp3) is 0.571. The zero-order chi connectivity index (χ0) is 12.5. The van der Waals surface area contributed by atoms with E-state index >= 15 is 0 Å². The standard InChI is InChI=1S/C14H18Br2N2/c15-12-7-11(8-13(16)9-12)14(10-1-2-10)18-5-3-17-4-6-18/h7-10,14,17H,1-6H2/t14-/m1/s1. The third-order valence-corrected chi connectivity index (χ3v) is 4.76. The average Bonchev–Trinajstić information content (AvgIpc) is 3.14. The van der Waals surface area contributed by atoms with Crippen molar-refractivity contribution in [2.75, 3.05) is 26.2 Å². The Bertz CT molecular complexity index is 406. The minimum Gasteiger partial charge on any atom is -0.314 e. The average molecular weight is 374 g/mol. The van der Waals surface area contributed by atoms with E-state index in [1.165, 1.54) is 40.4 Å². The predicted molar refractivity (Wildman–Crippen MR) is 81.7 cm³/mol. The van der Waals surface area contributed by atoms with E-state index < -0.39 is 0 Å². The Morgan fingerprint density at radius 2 is 1.67 bits per heavy atom. The Kier molecular flexibility index (Phi) is 4.09. The fourth-order valence-corrected chi connectivity index (χ4v) is 4.23. The number of hydrogen-bond acceptors (Lipinski definition) is 2. The van der Waals surface area contributed by atoms with Crippen LogP contribution in [0, 0.1) is 5.92 Å². The molecule has 1 aromatic rings. The van der Waals surface area contributed by atoms with Gasteiger partial charge in [0, 0.05) is 41.2 Å². The Morgan fingerprint density at radius 1 is 1.06 bits per heavy atom. The number of halogens is 2. The Morgan fingerprint density at radius 3 is 2.22 bits per heavy atom. The van der Waals surface area contributed by atoms with Crippen LogP contribution in [-0.2, 0) is 0 Å². The number of rotatable bonds is 3. The molecule has 1 aromatic carbocycles. The van der Waals surface area contributed by atoms with Gasteiger partial charge in [0.2, 0.25) is 0 Å². The summed E-state index contributed by atoms with van der Waals surface area (Å²) in [5.41, 5.74) is 1.46. The molecule has 2 fully saturated rings. The Labute approximate surface area is 125 Å². The summed E-state index contributed by atoms with van der Waals surface area (Å²) in [5, 5.41) is 3.44. The highest BCUT2D eigenvalue weighted by atomic mass is 79.9. The quantitative estimate of drug-likeness (QED) is 0.871. The normalized spacial score (nSPS) is 23.0. The molecule has 0 aromatic heterocycles. The first-order chi connectivity index (χ1) is 8.74. The molecule has 1 aliphatic heterocycles. The predicted octanol–water partition coefficient (Wildman–Crippen LogP) is 3.57. The van der Waals surface area contributed by atoms with E-state index in [0.717, 1.165) is 19.0 Å². The minimum absolute atomic E-state index is 0.612. The summed E-state index contributed by atoms with van der Waals surface area (Å²) in [5.74, 6) is 0.865. The molecule has 0 radical (unpaired) electrons. The second-order valence-corrected chi connectivity index (χ2v) is 7.10. The molecule has 1 aliphatic carbocycles. The van der Waals surface area contributed by atoms with Crippen LogP contribution in [0.1, 0.15) is 24.4 Å². The van der Waals surface area contributed by atoms with Gasteiger partial charge < -0.3 is 5.32 Å². The molecule has 0 amide bonds. The first-order valence-electron chi connectivity index (χ1n) is 6.65. The third-order valence-electron chi connectivity index (χ3n) is 3.84. The molecule has 4 heteroatoms. The van der Waals surface area contributed by atoms with E-state index in [1.807, 2.05) is 0 Å². The highest BCUT2D eigenvalue weighted by Crippen LogP contribution is 2.45. The lowest BCUT2D eigenvalue weighted by molar-refractivity contribution is 0.156. The van der Waals surface area contributed by atoms with Gasteiger partial charge in [-0.25, -0.2) is 0 Å². The summed E-state index contributed by atoms with van der Waals surface area (Å²) in [6, 6.07) is 7.30. The van der Waals surface area contributed by atoms with Crippen LogP contribution in [-0.4, -0.2) is 31.1 Å². The van der Waals surface area contributed by atoms with Crippen molar-refractivity contribution >= 4 is 31.9 Å². The van der Waals surface area contributed by atoms with Crippen LogP contribution >= 0.6 is 31.9 Å². The van der Waals surface area contributed by atoms with E-state index in [1.54, 1.807) is 0 Å². The molecular weight excluding hydrogens is 356 g/mol. The summed E-state index contributed by atoms with van der Waals surface area (Å²) in [6.45, 7) is 4.59. The largest absolute Gasteiger partial charge is 0.314 e. The van der Waals surface area contributed by atoms with Gasteiger partial charge in [0.15, 0.2) is 0 Å². The van der Waals surface area contributed by atoms with E-state index in [-0.39, 0.29) is 0 Å². The lowest BCUT2D eigenvalue weighted by Gasteiger charge is -2.35. The van der Waals surface area contributed by atoms with E-state index in [2.05, 4.69) is 60.3 Å². The van der Waals surface area contributed by atoms with Gasteiger partial charge in [-0.15, -0.1) is 0 Å².